The first-order chi connectivity index (χ1) is 10.8. The van der Waals surface area contributed by atoms with Gasteiger partial charge in [-0.3, -0.25) is 0 Å². The third-order valence-corrected chi connectivity index (χ3v) is 4.49. The minimum atomic E-state index is -0.323. The van der Waals surface area contributed by atoms with E-state index in [2.05, 4.69) is 20.5 Å². The van der Waals surface area contributed by atoms with Crippen LogP contribution in [0, 0.1) is 0 Å². The van der Waals surface area contributed by atoms with Gasteiger partial charge in [0.2, 0.25) is 0 Å². The van der Waals surface area contributed by atoms with Gasteiger partial charge in [0.15, 0.2) is 16.8 Å². The van der Waals surface area contributed by atoms with Crippen LogP contribution in [0.5, 0.6) is 0 Å². The summed E-state index contributed by atoms with van der Waals surface area (Å²) in [4.78, 5) is 14.1. The molecule has 1 fully saturated rings. The van der Waals surface area contributed by atoms with Crippen LogP contribution in [0.2, 0.25) is 0 Å². The van der Waals surface area contributed by atoms with Gasteiger partial charge in [0.05, 0.1) is 12.0 Å². The second-order valence-corrected chi connectivity index (χ2v) is 5.89. The Bertz CT molecular complexity index is 962. The Labute approximate surface area is 125 Å². The highest BCUT2D eigenvalue weighted by Crippen LogP contribution is 2.33. The van der Waals surface area contributed by atoms with Crippen molar-refractivity contribution in [2.24, 2.45) is 9.98 Å². The molecule has 1 aliphatic heterocycles. The first-order valence-electron chi connectivity index (χ1n) is 7.54. The normalized spacial score (nSPS) is 19.1. The molecule has 5 rings (SSSR count). The smallest absolute Gasteiger partial charge is 0.183 e. The van der Waals surface area contributed by atoms with Crippen LogP contribution >= 0.6 is 0 Å². The lowest BCUT2D eigenvalue weighted by atomic mass is 9.90. The standard InChI is InChI=1S/C14H14N8/c1-2-4-14(5-3-1)16-12-10(21-7-6-15-9-21)8-11-18-19-20-22(11)13(12)17-14/h6-9H,1-5H2. The molecule has 22 heavy (non-hydrogen) atoms. The molecule has 1 spiro atoms. The first-order valence-corrected chi connectivity index (χ1v) is 7.54. The predicted octanol–water partition coefficient (Wildman–Crippen LogP) is 0.223. The summed E-state index contributed by atoms with van der Waals surface area (Å²) in [5, 5.41) is 12.8. The summed E-state index contributed by atoms with van der Waals surface area (Å²) < 4.78 is 3.62. The van der Waals surface area contributed by atoms with Gasteiger partial charge in [0.25, 0.3) is 0 Å². The third kappa shape index (κ3) is 1.57. The van der Waals surface area contributed by atoms with Crippen molar-refractivity contribution in [2.45, 2.75) is 37.8 Å². The highest BCUT2D eigenvalue weighted by molar-refractivity contribution is 5.46. The van der Waals surface area contributed by atoms with Crippen LogP contribution < -0.4 is 10.8 Å². The molecule has 3 aromatic heterocycles. The fourth-order valence-corrected chi connectivity index (χ4v) is 3.42. The Morgan fingerprint density at radius 3 is 2.82 bits per heavy atom. The van der Waals surface area contributed by atoms with Gasteiger partial charge in [-0.15, -0.1) is 5.10 Å². The van der Waals surface area contributed by atoms with Crippen LogP contribution in [0.3, 0.4) is 0 Å². The minimum absolute atomic E-state index is 0.323. The van der Waals surface area contributed by atoms with Gasteiger partial charge in [0, 0.05) is 18.5 Å². The lowest BCUT2D eigenvalue weighted by Gasteiger charge is -2.27. The first kappa shape index (κ1) is 12.0. The average Bonchev–Trinajstić information content (AvgIpc) is 3.26. The minimum Gasteiger partial charge on any atom is -0.304 e. The van der Waals surface area contributed by atoms with E-state index in [0.717, 1.165) is 29.4 Å². The second-order valence-electron chi connectivity index (χ2n) is 5.89. The van der Waals surface area contributed by atoms with Gasteiger partial charge < -0.3 is 4.57 Å². The summed E-state index contributed by atoms with van der Waals surface area (Å²) in [6, 6.07) is 1.93. The van der Waals surface area contributed by atoms with Gasteiger partial charge in [-0.2, -0.15) is 4.52 Å². The van der Waals surface area contributed by atoms with Crippen molar-refractivity contribution in [1.29, 1.82) is 0 Å². The number of hydrogen-bond donors (Lipinski definition) is 0. The molecule has 0 radical (unpaired) electrons. The van der Waals surface area contributed by atoms with Crippen molar-refractivity contribution in [2.75, 3.05) is 0 Å². The zero-order valence-electron chi connectivity index (χ0n) is 11.9. The van der Waals surface area contributed by atoms with E-state index in [1.807, 2.05) is 16.8 Å². The molecular weight excluding hydrogens is 280 g/mol. The number of nitrogens with zero attached hydrogens (tertiary/aromatic N) is 8. The van der Waals surface area contributed by atoms with Crippen LogP contribution in [-0.2, 0) is 0 Å². The van der Waals surface area contributed by atoms with Crippen molar-refractivity contribution in [3.63, 3.8) is 0 Å². The number of hydrogen-bond acceptors (Lipinski definition) is 6. The number of aromatic nitrogens is 6. The molecule has 1 aliphatic carbocycles. The summed E-state index contributed by atoms with van der Waals surface area (Å²) in [5.74, 6) is 0. The van der Waals surface area contributed by atoms with E-state index < -0.39 is 0 Å². The molecule has 4 heterocycles. The molecule has 8 nitrogen and oxygen atoms in total. The lowest BCUT2D eigenvalue weighted by Crippen LogP contribution is -2.33. The van der Waals surface area contributed by atoms with Crippen LogP contribution in [0.1, 0.15) is 32.1 Å². The molecule has 8 heteroatoms. The van der Waals surface area contributed by atoms with E-state index in [9.17, 15) is 0 Å². The van der Waals surface area contributed by atoms with E-state index in [1.165, 1.54) is 19.3 Å². The Kier molecular flexibility index (Phi) is 2.28. The molecule has 0 atom stereocenters. The fourth-order valence-electron chi connectivity index (χ4n) is 3.42. The average molecular weight is 294 g/mol. The molecule has 0 saturated heterocycles. The van der Waals surface area contributed by atoms with Crippen molar-refractivity contribution in [3.05, 3.63) is 35.6 Å². The van der Waals surface area contributed by atoms with Crippen molar-refractivity contribution < 1.29 is 0 Å². The lowest BCUT2D eigenvalue weighted by molar-refractivity contribution is 0.308. The SMILES string of the molecule is c1cn(-c2cc3nnnn3c3c2=NC2(CCCCC2)N=3)cn1. The van der Waals surface area contributed by atoms with Crippen molar-refractivity contribution in [3.8, 4) is 5.69 Å². The van der Waals surface area contributed by atoms with E-state index in [4.69, 9.17) is 9.98 Å². The van der Waals surface area contributed by atoms with Gasteiger partial charge in [-0.05, 0) is 36.1 Å². The number of imidazole rings is 1. The molecule has 0 aromatic carbocycles. The van der Waals surface area contributed by atoms with Crippen molar-refractivity contribution >= 4 is 5.65 Å². The Hall–Kier alpha value is -2.64. The number of tetrazole rings is 1. The molecule has 0 bridgehead atoms. The highest BCUT2D eigenvalue weighted by atomic mass is 15.5. The Balaban J connectivity index is 1.87. The maximum Gasteiger partial charge on any atom is 0.183 e. The maximum absolute atomic E-state index is 5.00. The van der Waals surface area contributed by atoms with Crippen LogP contribution in [-0.4, -0.2) is 35.3 Å². The van der Waals surface area contributed by atoms with Gasteiger partial charge in [-0.1, -0.05) is 6.42 Å². The van der Waals surface area contributed by atoms with Crippen LogP contribution in [0.25, 0.3) is 11.3 Å². The molecule has 0 unspecified atom stereocenters. The third-order valence-electron chi connectivity index (χ3n) is 4.49. The van der Waals surface area contributed by atoms with Gasteiger partial charge in [-0.25, -0.2) is 15.0 Å². The molecular formula is C14H14N8. The number of fused-ring (bicyclic) bond motifs is 3. The summed E-state index contributed by atoms with van der Waals surface area (Å²) in [6.45, 7) is 0. The summed E-state index contributed by atoms with van der Waals surface area (Å²) in [5.41, 5.74) is 2.04. The Morgan fingerprint density at radius 1 is 1.09 bits per heavy atom. The van der Waals surface area contributed by atoms with Crippen molar-refractivity contribution in [1.82, 2.24) is 29.6 Å². The van der Waals surface area contributed by atoms with Crippen LogP contribution in [0.15, 0.2) is 34.8 Å². The molecule has 0 amide bonds. The topological polar surface area (TPSA) is 85.6 Å². The quantitative estimate of drug-likeness (QED) is 0.642. The Morgan fingerprint density at radius 2 is 2.00 bits per heavy atom. The van der Waals surface area contributed by atoms with E-state index in [0.29, 0.717) is 5.65 Å². The van der Waals surface area contributed by atoms with Gasteiger partial charge >= 0.3 is 0 Å². The number of rotatable bonds is 1. The molecule has 2 aliphatic rings. The molecule has 0 N–H and O–H groups in total. The molecule has 3 aromatic rings. The molecule has 110 valence electrons. The molecule has 1 saturated carbocycles. The summed E-state index contributed by atoms with van der Waals surface area (Å²) >= 11 is 0. The van der Waals surface area contributed by atoms with E-state index in [1.54, 1.807) is 17.0 Å². The van der Waals surface area contributed by atoms with Crippen LogP contribution in [0.4, 0.5) is 0 Å². The summed E-state index contributed by atoms with van der Waals surface area (Å²) in [6.07, 6.45) is 11.0. The zero-order valence-corrected chi connectivity index (χ0v) is 11.9. The van der Waals surface area contributed by atoms with E-state index in [-0.39, 0.29) is 5.66 Å². The van der Waals surface area contributed by atoms with E-state index >= 15 is 0 Å². The fraction of sp³-hybridized carbons (Fsp3) is 0.429. The largest absolute Gasteiger partial charge is 0.304 e. The number of pyridine rings is 1. The summed E-state index contributed by atoms with van der Waals surface area (Å²) in [7, 11) is 0. The monoisotopic (exact) mass is 294 g/mol. The predicted molar refractivity (Wildman–Crippen MR) is 76.0 cm³/mol. The maximum atomic E-state index is 5.00. The van der Waals surface area contributed by atoms with Gasteiger partial charge in [0.1, 0.15) is 5.36 Å². The second kappa shape index (κ2) is 4.19. The highest BCUT2D eigenvalue weighted by Gasteiger charge is 2.34. The zero-order chi connectivity index (χ0) is 14.6.